The van der Waals surface area contributed by atoms with Crippen LogP contribution in [0.1, 0.15) is 41.8 Å². The average Bonchev–Trinajstić information content (AvgIpc) is 2.28. The van der Waals surface area contributed by atoms with Gasteiger partial charge in [-0.05, 0) is 36.1 Å². The summed E-state index contributed by atoms with van der Waals surface area (Å²) in [5, 5.41) is 9.07. The highest BCUT2D eigenvalue weighted by Crippen LogP contribution is 2.38. The van der Waals surface area contributed by atoms with Crippen LogP contribution in [0.5, 0.6) is 0 Å². The van der Waals surface area contributed by atoms with Crippen molar-refractivity contribution in [1.82, 2.24) is 0 Å². The Labute approximate surface area is 101 Å². The molecule has 2 rings (SSSR count). The van der Waals surface area contributed by atoms with E-state index >= 15 is 0 Å². The van der Waals surface area contributed by atoms with E-state index in [1.165, 1.54) is 5.56 Å². The summed E-state index contributed by atoms with van der Waals surface area (Å²) in [6, 6.07) is 5.45. The van der Waals surface area contributed by atoms with Crippen LogP contribution in [0, 0.1) is 0 Å². The Morgan fingerprint density at radius 1 is 1.41 bits per heavy atom. The Morgan fingerprint density at radius 2 is 2.12 bits per heavy atom. The normalized spacial score (nSPS) is 17.5. The Morgan fingerprint density at radius 3 is 2.53 bits per heavy atom. The first-order chi connectivity index (χ1) is 8.13. The molecule has 0 spiro atoms. The molecule has 1 aromatic rings. The zero-order valence-corrected chi connectivity index (χ0v) is 10.3. The lowest BCUT2D eigenvalue weighted by Gasteiger charge is -2.42. The fourth-order valence-electron chi connectivity index (χ4n) is 2.41. The van der Waals surface area contributed by atoms with Crippen molar-refractivity contribution in [1.29, 1.82) is 0 Å². The third-order valence-electron chi connectivity index (χ3n) is 3.74. The van der Waals surface area contributed by atoms with E-state index in [2.05, 4.69) is 13.8 Å². The Bertz CT molecular complexity index is 428. The minimum Gasteiger partial charge on any atom is -0.478 e. The molecule has 3 heteroatoms. The second-order valence-electron chi connectivity index (χ2n) is 4.66. The smallest absolute Gasteiger partial charge is 0.335 e. The number of carbonyl (C=O) groups is 1. The molecule has 0 aliphatic carbocycles. The number of carboxylic acids is 1. The molecule has 0 bridgehead atoms. The number of hydrogen-bond donors (Lipinski definition) is 1. The number of rotatable bonds is 4. The topological polar surface area (TPSA) is 46.5 Å². The highest BCUT2D eigenvalue weighted by atomic mass is 16.5. The quantitative estimate of drug-likeness (QED) is 0.871. The van der Waals surface area contributed by atoms with Crippen molar-refractivity contribution in [3.63, 3.8) is 0 Å². The molecule has 1 aliphatic rings. The van der Waals surface area contributed by atoms with Gasteiger partial charge in [-0.3, -0.25) is 0 Å². The van der Waals surface area contributed by atoms with Crippen LogP contribution in [0.3, 0.4) is 0 Å². The van der Waals surface area contributed by atoms with E-state index < -0.39 is 5.97 Å². The van der Waals surface area contributed by atoms with Crippen molar-refractivity contribution in [2.24, 2.45) is 0 Å². The molecule has 1 fully saturated rings. The maximum atomic E-state index is 11.0. The van der Waals surface area contributed by atoms with E-state index in [0.717, 1.165) is 18.4 Å². The van der Waals surface area contributed by atoms with E-state index in [1.807, 2.05) is 12.1 Å². The summed E-state index contributed by atoms with van der Waals surface area (Å²) in [5.74, 6) is -0.861. The minimum absolute atomic E-state index is 0.0385. The molecular formula is C14H18O3. The molecule has 0 radical (unpaired) electrons. The average molecular weight is 234 g/mol. The van der Waals surface area contributed by atoms with E-state index in [0.29, 0.717) is 18.8 Å². The third kappa shape index (κ3) is 1.95. The largest absolute Gasteiger partial charge is 0.478 e. The Kier molecular flexibility index (Phi) is 3.20. The van der Waals surface area contributed by atoms with Crippen molar-refractivity contribution in [3.05, 3.63) is 34.9 Å². The monoisotopic (exact) mass is 234 g/mol. The third-order valence-corrected chi connectivity index (χ3v) is 3.74. The number of hydrogen-bond acceptors (Lipinski definition) is 2. The van der Waals surface area contributed by atoms with Crippen LogP contribution in [0.15, 0.2) is 18.2 Å². The summed E-state index contributed by atoms with van der Waals surface area (Å²) in [5.41, 5.74) is 2.81. The van der Waals surface area contributed by atoms with Crippen LogP contribution in [0.25, 0.3) is 0 Å². The van der Waals surface area contributed by atoms with Crippen LogP contribution in [-0.2, 0) is 16.6 Å². The van der Waals surface area contributed by atoms with Gasteiger partial charge in [0.2, 0.25) is 0 Å². The predicted octanol–water partition coefficient (Wildman–Crippen LogP) is 2.63. The molecule has 1 heterocycles. The standard InChI is InChI=1S/C14H18O3/c1-3-10-5-6-11(13(15)16)7-12(10)14(4-2)8-17-9-14/h5-7H,3-4,8-9H2,1-2H3,(H,15,16). The second kappa shape index (κ2) is 4.49. The summed E-state index contributed by atoms with van der Waals surface area (Å²) in [6.45, 7) is 5.65. The molecule has 0 aromatic heterocycles. The van der Waals surface area contributed by atoms with Crippen LogP contribution >= 0.6 is 0 Å². The predicted molar refractivity (Wildman–Crippen MR) is 65.6 cm³/mol. The van der Waals surface area contributed by atoms with Gasteiger partial charge in [0.05, 0.1) is 18.8 Å². The molecule has 92 valence electrons. The van der Waals surface area contributed by atoms with Gasteiger partial charge in [0.15, 0.2) is 0 Å². The Balaban J connectivity index is 2.49. The van der Waals surface area contributed by atoms with Gasteiger partial charge >= 0.3 is 5.97 Å². The van der Waals surface area contributed by atoms with Gasteiger partial charge in [0.25, 0.3) is 0 Å². The number of aryl methyl sites for hydroxylation is 1. The van der Waals surface area contributed by atoms with Crippen LogP contribution in [-0.4, -0.2) is 24.3 Å². The first-order valence-electron chi connectivity index (χ1n) is 6.07. The molecule has 0 saturated carbocycles. The lowest BCUT2D eigenvalue weighted by molar-refractivity contribution is -0.0624. The minimum atomic E-state index is -0.861. The molecule has 1 aromatic carbocycles. The van der Waals surface area contributed by atoms with Crippen molar-refractivity contribution in [2.45, 2.75) is 32.1 Å². The maximum absolute atomic E-state index is 11.0. The summed E-state index contributed by atoms with van der Waals surface area (Å²) in [7, 11) is 0. The van der Waals surface area contributed by atoms with Crippen molar-refractivity contribution < 1.29 is 14.6 Å². The van der Waals surface area contributed by atoms with Crippen LogP contribution < -0.4 is 0 Å². The van der Waals surface area contributed by atoms with Gasteiger partial charge in [-0.2, -0.15) is 0 Å². The molecule has 1 saturated heterocycles. The molecule has 0 amide bonds. The molecule has 0 unspecified atom stereocenters. The maximum Gasteiger partial charge on any atom is 0.335 e. The highest BCUT2D eigenvalue weighted by Gasteiger charge is 2.40. The van der Waals surface area contributed by atoms with Crippen molar-refractivity contribution >= 4 is 5.97 Å². The van der Waals surface area contributed by atoms with Gasteiger partial charge in [-0.25, -0.2) is 4.79 Å². The fourth-order valence-corrected chi connectivity index (χ4v) is 2.41. The fraction of sp³-hybridized carbons (Fsp3) is 0.500. The van der Waals surface area contributed by atoms with Crippen LogP contribution in [0.2, 0.25) is 0 Å². The summed E-state index contributed by atoms with van der Waals surface area (Å²) in [4.78, 5) is 11.0. The molecule has 1 aliphatic heterocycles. The zero-order chi connectivity index (χ0) is 12.5. The second-order valence-corrected chi connectivity index (χ2v) is 4.66. The first kappa shape index (κ1) is 12.1. The Hall–Kier alpha value is -1.35. The van der Waals surface area contributed by atoms with Crippen molar-refractivity contribution in [2.75, 3.05) is 13.2 Å². The summed E-state index contributed by atoms with van der Waals surface area (Å²) in [6.07, 6.45) is 1.92. The van der Waals surface area contributed by atoms with Gasteiger partial charge < -0.3 is 9.84 Å². The van der Waals surface area contributed by atoms with Gasteiger partial charge in [-0.1, -0.05) is 19.9 Å². The lowest BCUT2D eigenvalue weighted by atomic mass is 9.73. The van der Waals surface area contributed by atoms with Gasteiger partial charge in [0.1, 0.15) is 0 Å². The van der Waals surface area contributed by atoms with E-state index in [9.17, 15) is 4.79 Å². The van der Waals surface area contributed by atoms with Crippen LogP contribution in [0.4, 0.5) is 0 Å². The van der Waals surface area contributed by atoms with E-state index in [-0.39, 0.29) is 5.41 Å². The molecule has 3 nitrogen and oxygen atoms in total. The highest BCUT2D eigenvalue weighted by molar-refractivity contribution is 5.88. The molecule has 17 heavy (non-hydrogen) atoms. The number of aromatic carboxylic acids is 1. The summed E-state index contributed by atoms with van der Waals surface area (Å²) >= 11 is 0. The number of carboxylic acid groups (broad SMARTS) is 1. The van der Waals surface area contributed by atoms with E-state index in [1.54, 1.807) is 6.07 Å². The van der Waals surface area contributed by atoms with E-state index in [4.69, 9.17) is 9.84 Å². The first-order valence-corrected chi connectivity index (χ1v) is 6.07. The number of benzene rings is 1. The lowest BCUT2D eigenvalue weighted by Crippen LogP contribution is -2.46. The van der Waals surface area contributed by atoms with Gasteiger partial charge in [-0.15, -0.1) is 0 Å². The molecular weight excluding hydrogens is 216 g/mol. The van der Waals surface area contributed by atoms with Gasteiger partial charge in [0, 0.05) is 5.41 Å². The molecule has 1 N–H and O–H groups in total. The summed E-state index contributed by atoms with van der Waals surface area (Å²) < 4.78 is 5.34. The number of ether oxygens (including phenoxy) is 1. The molecule has 0 atom stereocenters. The van der Waals surface area contributed by atoms with Crippen molar-refractivity contribution in [3.8, 4) is 0 Å². The SMILES string of the molecule is CCc1ccc(C(=O)O)cc1C1(CC)COC1. The zero-order valence-electron chi connectivity index (χ0n) is 10.3.